The topological polar surface area (TPSA) is 66.7 Å². The molecule has 0 radical (unpaired) electrons. The number of amides is 1. The molecule has 3 heterocycles. The predicted octanol–water partition coefficient (Wildman–Crippen LogP) is 4.03. The largest absolute Gasteiger partial charge is 0.497 e. The molecule has 0 aliphatic carbocycles. The Kier molecular flexibility index (Phi) is 7.70. The highest BCUT2D eigenvalue weighted by molar-refractivity contribution is 6.00. The van der Waals surface area contributed by atoms with Gasteiger partial charge < -0.3 is 19.4 Å². The summed E-state index contributed by atoms with van der Waals surface area (Å²) in [4.78, 5) is 24.8. The molecule has 0 spiro atoms. The molecule has 0 saturated carbocycles. The van der Waals surface area contributed by atoms with Gasteiger partial charge in [-0.05, 0) is 43.4 Å². The van der Waals surface area contributed by atoms with Crippen LogP contribution in [0.4, 0.5) is 5.82 Å². The van der Waals surface area contributed by atoms with Crippen LogP contribution < -0.4 is 9.64 Å². The van der Waals surface area contributed by atoms with Gasteiger partial charge in [-0.25, -0.2) is 4.98 Å². The molecule has 1 fully saturated rings. The van der Waals surface area contributed by atoms with Crippen LogP contribution in [0.3, 0.4) is 0 Å². The van der Waals surface area contributed by atoms with E-state index in [1.54, 1.807) is 7.11 Å². The van der Waals surface area contributed by atoms with E-state index in [9.17, 15) is 4.79 Å². The average molecular weight is 511 g/mol. The number of hydrogen-bond acceptors (Lipinski definition) is 6. The monoisotopic (exact) mass is 510 g/mol. The summed E-state index contributed by atoms with van der Waals surface area (Å²) in [6, 6.07) is 22.1. The van der Waals surface area contributed by atoms with Gasteiger partial charge in [-0.1, -0.05) is 48.5 Å². The van der Waals surface area contributed by atoms with E-state index < -0.39 is 0 Å². The number of aromatic nitrogens is 3. The minimum Gasteiger partial charge on any atom is -0.497 e. The van der Waals surface area contributed by atoms with Gasteiger partial charge in [0, 0.05) is 50.7 Å². The van der Waals surface area contributed by atoms with E-state index in [2.05, 4.69) is 53.1 Å². The fourth-order valence-corrected chi connectivity index (χ4v) is 4.78. The van der Waals surface area contributed by atoms with Crippen LogP contribution in [0.25, 0.3) is 11.3 Å². The van der Waals surface area contributed by atoms with E-state index >= 15 is 0 Å². The molecule has 4 aromatic rings. The quantitative estimate of drug-likeness (QED) is 0.357. The first-order chi connectivity index (χ1) is 18.5. The standard InChI is InChI=1S/C30H34N6O2/c1-33(2)20-24-12-13-28(31-19-24)34-14-16-35(17-15-34)30(37)27-22-36(21-23-8-5-4-6-9-23)32-29(27)25-10-7-11-26(18-25)38-3/h4-13,18-19,22H,14-17,20-21H2,1-3H3. The van der Waals surface area contributed by atoms with Crippen LogP contribution in [0, 0.1) is 0 Å². The molecule has 2 aromatic heterocycles. The molecule has 1 amide bonds. The maximum atomic E-state index is 13.8. The molecule has 2 aromatic carbocycles. The van der Waals surface area contributed by atoms with Crippen molar-refractivity contribution in [1.29, 1.82) is 0 Å². The molecule has 5 rings (SSSR count). The lowest BCUT2D eigenvalue weighted by Crippen LogP contribution is -2.49. The van der Waals surface area contributed by atoms with E-state index in [1.165, 1.54) is 5.56 Å². The molecule has 196 valence electrons. The first kappa shape index (κ1) is 25.5. The fourth-order valence-electron chi connectivity index (χ4n) is 4.78. The highest BCUT2D eigenvalue weighted by Crippen LogP contribution is 2.28. The highest BCUT2D eigenvalue weighted by Gasteiger charge is 2.27. The van der Waals surface area contributed by atoms with Gasteiger partial charge in [-0.3, -0.25) is 9.48 Å². The number of nitrogens with zero attached hydrogens (tertiary/aromatic N) is 6. The Hall–Kier alpha value is -4.17. The SMILES string of the molecule is COc1cccc(-c2nn(Cc3ccccc3)cc2C(=O)N2CCN(c3ccc(CN(C)C)cn3)CC2)c1. The number of methoxy groups -OCH3 is 1. The van der Waals surface area contributed by atoms with E-state index in [1.807, 2.05) is 64.4 Å². The molecule has 1 aliphatic rings. The Labute approximate surface area is 224 Å². The summed E-state index contributed by atoms with van der Waals surface area (Å²) >= 11 is 0. The van der Waals surface area contributed by atoms with Gasteiger partial charge in [0.15, 0.2) is 0 Å². The summed E-state index contributed by atoms with van der Waals surface area (Å²) in [5.74, 6) is 1.68. The van der Waals surface area contributed by atoms with Crippen LogP contribution in [0.2, 0.25) is 0 Å². The summed E-state index contributed by atoms with van der Waals surface area (Å²) in [5.41, 5.74) is 4.45. The normalized spacial score (nSPS) is 13.7. The second-order valence-corrected chi connectivity index (χ2v) is 9.85. The van der Waals surface area contributed by atoms with Crippen molar-refractivity contribution in [1.82, 2.24) is 24.6 Å². The van der Waals surface area contributed by atoms with Gasteiger partial charge in [0.2, 0.25) is 0 Å². The maximum absolute atomic E-state index is 13.8. The maximum Gasteiger partial charge on any atom is 0.257 e. The number of piperazine rings is 1. The molecule has 0 bridgehead atoms. The molecule has 0 unspecified atom stereocenters. The number of anilines is 1. The zero-order chi connectivity index (χ0) is 26.5. The van der Waals surface area contributed by atoms with Gasteiger partial charge >= 0.3 is 0 Å². The van der Waals surface area contributed by atoms with Crippen molar-refractivity contribution in [3.8, 4) is 17.0 Å². The smallest absolute Gasteiger partial charge is 0.257 e. The Balaban J connectivity index is 1.34. The van der Waals surface area contributed by atoms with Gasteiger partial charge in [0.1, 0.15) is 17.3 Å². The number of carbonyl (C=O) groups is 1. The molecule has 8 heteroatoms. The van der Waals surface area contributed by atoms with Gasteiger partial charge in [0.05, 0.1) is 19.2 Å². The van der Waals surface area contributed by atoms with Crippen LogP contribution in [0.1, 0.15) is 21.5 Å². The second-order valence-electron chi connectivity index (χ2n) is 9.85. The molecule has 8 nitrogen and oxygen atoms in total. The van der Waals surface area contributed by atoms with Crippen LogP contribution >= 0.6 is 0 Å². The molecule has 0 N–H and O–H groups in total. The summed E-state index contributed by atoms with van der Waals surface area (Å²) < 4.78 is 7.29. The summed E-state index contributed by atoms with van der Waals surface area (Å²) in [6.45, 7) is 4.18. The summed E-state index contributed by atoms with van der Waals surface area (Å²) in [5, 5.41) is 4.85. The van der Waals surface area contributed by atoms with Gasteiger partial charge in [0.25, 0.3) is 5.91 Å². The van der Waals surface area contributed by atoms with E-state index in [-0.39, 0.29) is 5.91 Å². The number of pyridine rings is 1. The lowest BCUT2D eigenvalue weighted by Gasteiger charge is -2.35. The van der Waals surface area contributed by atoms with Crippen LogP contribution in [0.5, 0.6) is 5.75 Å². The molecular formula is C30H34N6O2. The number of benzene rings is 2. The number of rotatable bonds is 8. The van der Waals surface area contributed by atoms with Crippen molar-refractivity contribution in [2.75, 3.05) is 52.3 Å². The van der Waals surface area contributed by atoms with Gasteiger partial charge in [-0.15, -0.1) is 0 Å². The van der Waals surface area contributed by atoms with Crippen LogP contribution in [-0.4, -0.2) is 77.9 Å². The molecule has 0 atom stereocenters. The van der Waals surface area contributed by atoms with Crippen LogP contribution in [-0.2, 0) is 13.1 Å². The lowest BCUT2D eigenvalue weighted by molar-refractivity contribution is 0.0747. The molecular weight excluding hydrogens is 476 g/mol. The lowest BCUT2D eigenvalue weighted by atomic mass is 10.1. The molecule has 1 saturated heterocycles. The zero-order valence-electron chi connectivity index (χ0n) is 22.2. The Morgan fingerprint density at radius 3 is 2.42 bits per heavy atom. The molecule has 1 aliphatic heterocycles. The van der Waals surface area contributed by atoms with Crippen molar-refractivity contribution < 1.29 is 9.53 Å². The number of carbonyl (C=O) groups excluding carboxylic acids is 1. The van der Waals surface area contributed by atoms with Crippen molar-refractivity contribution in [3.05, 3.63) is 95.8 Å². The number of ether oxygens (including phenoxy) is 1. The van der Waals surface area contributed by atoms with E-state index in [4.69, 9.17) is 9.84 Å². The zero-order valence-corrected chi connectivity index (χ0v) is 22.2. The Bertz CT molecular complexity index is 1360. The Morgan fingerprint density at radius 2 is 1.74 bits per heavy atom. The minimum atomic E-state index is -0.00364. The third kappa shape index (κ3) is 5.86. The third-order valence-corrected chi connectivity index (χ3v) is 6.72. The van der Waals surface area contributed by atoms with Crippen molar-refractivity contribution in [2.45, 2.75) is 13.1 Å². The van der Waals surface area contributed by atoms with Gasteiger partial charge in [-0.2, -0.15) is 5.10 Å². The second kappa shape index (κ2) is 11.5. The predicted molar refractivity (Wildman–Crippen MR) is 150 cm³/mol. The first-order valence-electron chi connectivity index (χ1n) is 12.9. The third-order valence-electron chi connectivity index (χ3n) is 6.72. The summed E-state index contributed by atoms with van der Waals surface area (Å²) in [6.07, 6.45) is 3.82. The van der Waals surface area contributed by atoms with E-state index in [0.29, 0.717) is 30.9 Å². The van der Waals surface area contributed by atoms with Crippen molar-refractivity contribution >= 4 is 11.7 Å². The Morgan fingerprint density at radius 1 is 0.947 bits per heavy atom. The van der Waals surface area contributed by atoms with Crippen molar-refractivity contribution in [3.63, 3.8) is 0 Å². The average Bonchev–Trinajstić information content (AvgIpc) is 3.37. The fraction of sp³-hybridized carbons (Fsp3) is 0.300. The van der Waals surface area contributed by atoms with Crippen molar-refractivity contribution in [2.24, 2.45) is 0 Å². The first-order valence-corrected chi connectivity index (χ1v) is 12.9. The van der Waals surface area contributed by atoms with Crippen LogP contribution in [0.15, 0.2) is 79.1 Å². The highest BCUT2D eigenvalue weighted by atomic mass is 16.5. The molecule has 38 heavy (non-hydrogen) atoms. The van der Waals surface area contributed by atoms with E-state index in [0.717, 1.165) is 42.3 Å². The summed E-state index contributed by atoms with van der Waals surface area (Å²) in [7, 11) is 5.74. The number of hydrogen-bond donors (Lipinski definition) is 0. The minimum absolute atomic E-state index is 0.00364.